The van der Waals surface area contributed by atoms with E-state index in [1.54, 1.807) is 0 Å². The summed E-state index contributed by atoms with van der Waals surface area (Å²) >= 11 is 0. The first-order valence-corrected chi connectivity index (χ1v) is 17.5. The van der Waals surface area contributed by atoms with Crippen molar-refractivity contribution in [1.82, 2.24) is 15.0 Å². The number of hydrogen-bond donors (Lipinski definition) is 0. The van der Waals surface area contributed by atoms with Gasteiger partial charge in [-0.05, 0) is 35.4 Å². The SMILES string of the molecule is Bc1c(B)c(B)c2c(oc3c(B)c(B)c(-c4nc(-c5cccc(-c6ccccc6)c5)nc(-c5ccc6c(c5)oc5ccccc56)n4)c(B)c32)c1B. The molecular formula is C39H30B7N3O2. The van der Waals surface area contributed by atoms with Crippen LogP contribution in [0.3, 0.4) is 0 Å². The van der Waals surface area contributed by atoms with Gasteiger partial charge in [0.25, 0.3) is 0 Å². The molecule has 5 nitrogen and oxygen atoms in total. The molecule has 0 unspecified atom stereocenters. The van der Waals surface area contributed by atoms with Crippen LogP contribution in [0.1, 0.15) is 0 Å². The molecular weight excluding hydrogens is 618 g/mol. The number of benzene rings is 6. The number of para-hydroxylation sites is 1. The fourth-order valence-corrected chi connectivity index (χ4v) is 7.77. The van der Waals surface area contributed by atoms with Crippen molar-refractivity contribution in [2.45, 2.75) is 0 Å². The molecule has 0 aliphatic heterocycles. The van der Waals surface area contributed by atoms with E-state index in [1.807, 2.05) is 30.3 Å². The summed E-state index contributed by atoms with van der Waals surface area (Å²) in [6, 6.07) is 33.2. The lowest BCUT2D eigenvalue weighted by Gasteiger charge is -2.16. The largest absolute Gasteiger partial charge is 0.457 e. The maximum Gasteiger partial charge on any atom is 0.164 e. The van der Waals surface area contributed by atoms with Gasteiger partial charge in [0.15, 0.2) is 17.5 Å². The summed E-state index contributed by atoms with van der Waals surface area (Å²) in [4.78, 5) is 15.7. The molecule has 0 radical (unpaired) electrons. The van der Waals surface area contributed by atoms with Crippen molar-refractivity contribution >= 4 is 137 Å². The van der Waals surface area contributed by atoms with Crippen LogP contribution >= 0.6 is 0 Å². The van der Waals surface area contributed by atoms with E-state index in [4.69, 9.17) is 23.8 Å². The fraction of sp³-hybridized carbons (Fsp3) is 0. The molecule has 0 fully saturated rings. The van der Waals surface area contributed by atoms with Crippen LogP contribution in [0.15, 0.2) is 106 Å². The maximum absolute atomic E-state index is 6.73. The van der Waals surface area contributed by atoms with E-state index >= 15 is 0 Å². The average Bonchev–Trinajstić information content (AvgIpc) is 3.75. The Labute approximate surface area is 302 Å². The van der Waals surface area contributed by atoms with Gasteiger partial charge in [-0.25, -0.2) is 15.0 Å². The second-order valence-electron chi connectivity index (χ2n) is 13.8. The third-order valence-corrected chi connectivity index (χ3v) is 11.1. The molecule has 0 N–H and O–H groups in total. The third-order valence-electron chi connectivity index (χ3n) is 11.1. The van der Waals surface area contributed by atoms with Crippen molar-refractivity contribution in [3.63, 3.8) is 0 Å². The minimum absolute atomic E-state index is 0.592. The molecule has 0 saturated heterocycles. The first-order valence-electron chi connectivity index (χ1n) is 17.5. The Morgan fingerprint density at radius 2 is 0.941 bits per heavy atom. The zero-order valence-electron chi connectivity index (χ0n) is 29.9. The summed E-state index contributed by atoms with van der Waals surface area (Å²) in [5.74, 6) is 1.84. The van der Waals surface area contributed by atoms with E-state index in [2.05, 4.69) is 122 Å². The Kier molecular flexibility index (Phi) is 7.22. The third kappa shape index (κ3) is 4.84. The molecule has 234 valence electrons. The van der Waals surface area contributed by atoms with Gasteiger partial charge in [-0.3, -0.25) is 0 Å². The highest BCUT2D eigenvalue weighted by Crippen LogP contribution is 2.33. The molecule has 3 heterocycles. The summed E-state index contributed by atoms with van der Waals surface area (Å²) in [5.41, 5.74) is 16.9. The maximum atomic E-state index is 6.73. The first-order chi connectivity index (χ1) is 24.7. The summed E-state index contributed by atoms with van der Waals surface area (Å²) in [6.07, 6.45) is 0. The molecule has 3 aromatic heterocycles. The number of rotatable bonds is 4. The molecule has 0 amide bonds. The second-order valence-corrected chi connectivity index (χ2v) is 13.8. The van der Waals surface area contributed by atoms with Gasteiger partial charge in [-0.1, -0.05) is 106 Å². The average molecular weight is 648 g/mol. The Morgan fingerprint density at radius 3 is 1.71 bits per heavy atom. The monoisotopic (exact) mass is 649 g/mol. The van der Waals surface area contributed by atoms with Gasteiger partial charge in [0.2, 0.25) is 0 Å². The van der Waals surface area contributed by atoms with Gasteiger partial charge in [-0.2, -0.15) is 0 Å². The Hall–Kier alpha value is -5.62. The Bertz CT molecular complexity index is 2900. The Balaban J connectivity index is 1.32. The van der Waals surface area contributed by atoms with Gasteiger partial charge in [0, 0.05) is 38.2 Å². The van der Waals surface area contributed by atoms with Crippen LogP contribution < -0.4 is 38.2 Å². The molecule has 12 heteroatoms. The van der Waals surface area contributed by atoms with Crippen molar-refractivity contribution < 1.29 is 8.83 Å². The number of furan rings is 2. The van der Waals surface area contributed by atoms with Crippen molar-refractivity contribution in [1.29, 1.82) is 0 Å². The predicted octanol–water partition coefficient (Wildman–Crippen LogP) is -1.85. The highest BCUT2D eigenvalue weighted by molar-refractivity contribution is 6.68. The molecule has 9 aromatic rings. The lowest BCUT2D eigenvalue weighted by molar-refractivity contribution is 0.669. The van der Waals surface area contributed by atoms with Gasteiger partial charge < -0.3 is 8.83 Å². The van der Waals surface area contributed by atoms with E-state index in [-0.39, 0.29) is 0 Å². The van der Waals surface area contributed by atoms with Crippen LogP contribution in [0.25, 0.3) is 89.2 Å². The highest BCUT2D eigenvalue weighted by Gasteiger charge is 2.24. The van der Waals surface area contributed by atoms with Gasteiger partial charge in [0.1, 0.15) is 77.3 Å². The van der Waals surface area contributed by atoms with Crippen LogP contribution in [0, 0.1) is 0 Å². The van der Waals surface area contributed by atoms with Crippen molar-refractivity contribution in [3.05, 3.63) is 97.1 Å². The van der Waals surface area contributed by atoms with Crippen LogP contribution in [0.2, 0.25) is 0 Å². The minimum atomic E-state index is 0.592. The fourth-order valence-electron chi connectivity index (χ4n) is 7.77. The zero-order valence-corrected chi connectivity index (χ0v) is 29.9. The molecule has 0 aliphatic rings. The summed E-state index contributed by atoms with van der Waals surface area (Å²) in [6.45, 7) is 0. The van der Waals surface area contributed by atoms with E-state index in [9.17, 15) is 0 Å². The number of hydrogen-bond acceptors (Lipinski definition) is 5. The van der Waals surface area contributed by atoms with E-state index in [0.717, 1.165) is 82.7 Å². The van der Waals surface area contributed by atoms with Crippen LogP contribution in [0.5, 0.6) is 0 Å². The smallest absolute Gasteiger partial charge is 0.164 e. The minimum Gasteiger partial charge on any atom is -0.457 e. The molecule has 9 rings (SSSR count). The Morgan fingerprint density at radius 1 is 0.373 bits per heavy atom. The van der Waals surface area contributed by atoms with E-state index in [1.165, 1.54) is 27.2 Å². The summed E-state index contributed by atoms with van der Waals surface area (Å²) in [5, 5.41) is 4.46. The van der Waals surface area contributed by atoms with Crippen molar-refractivity contribution in [2.24, 2.45) is 0 Å². The highest BCUT2D eigenvalue weighted by atomic mass is 16.3. The molecule has 0 bridgehead atoms. The predicted molar refractivity (Wildman–Crippen MR) is 233 cm³/mol. The van der Waals surface area contributed by atoms with Gasteiger partial charge >= 0.3 is 0 Å². The van der Waals surface area contributed by atoms with Crippen molar-refractivity contribution in [2.75, 3.05) is 0 Å². The molecule has 0 spiro atoms. The molecule has 0 aliphatic carbocycles. The molecule has 0 saturated carbocycles. The topological polar surface area (TPSA) is 65.0 Å². The lowest BCUT2D eigenvalue weighted by atomic mass is 9.64. The second kappa shape index (κ2) is 11.7. The van der Waals surface area contributed by atoms with E-state index < -0.39 is 0 Å². The quantitative estimate of drug-likeness (QED) is 0.210. The first kappa shape index (κ1) is 31.4. The summed E-state index contributed by atoms with van der Waals surface area (Å²) in [7, 11) is 15.3. The number of aromatic nitrogens is 3. The zero-order chi connectivity index (χ0) is 35.1. The van der Waals surface area contributed by atoms with Crippen LogP contribution in [0.4, 0.5) is 0 Å². The molecule has 6 aromatic carbocycles. The normalized spacial score (nSPS) is 11.7. The standard InChI is InChI=1S/C39H30B7N3O2/c40-28-25-26-29(41)31(43)32(44)34(46)36(26)51-35(25)33(45)30(42)27(28)39-48-37(19-10-6-9-18(15-19)17-7-2-1-3-8-17)47-38(49-39)20-13-14-22-21-11-4-5-12-23(21)50-24(22)16-20/h1-16H,40-46H2. The lowest BCUT2D eigenvalue weighted by Crippen LogP contribution is -2.47. The van der Waals surface area contributed by atoms with Crippen molar-refractivity contribution in [3.8, 4) is 45.3 Å². The molecule has 0 atom stereocenters. The van der Waals surface area contributed by atoms with Gasteiger partial charge in [-0.15, -0.1) is 5.46 Å². The summed E-state index contributed by atoms with van der Waals surface area (Å²) < 4.78 is 13.0. The van der Waals surface area contributed by atoms with Gasteiger partial charge in [0.05, 0.1) is 0 Å². The number of fused-ring (bicyclic) bond motifs is 6. The number of nitrogens with zero attached hydrogens (tertiary/aromatic N) is 3. The van der Waals surface area contributed by atoms with Crippen LogP contribution in [-0.2, 0) is 0 Å². The molecule has 51 heavy (non-hydrogen) atoms. The van der Waals surface area contributed by atoms with E-state index in [0.29, 0.717) is 17.5 Å². The van der Waals surface area contributed by atoms with Crippen LogP contribution in [-0.4, -0.2) is 69.9 Å².